The minimum atomic E-state index is -1.16. The lowest BCUT2D eigenvalue weighted by Gasteiger charge is -2.14. The summed E-state index contributed by atoms with van der Waals surface area (Å²) in [6, 6.07) is 15.8. The van der Waals surface area contributed by atoms with Gasteiger partial charge in [-0.1, -0.05) is 48.5 Å². The van der Waals surface area contributed by atoms with Gasteiger partial charge in [-0.15, -0.1) is 0 Å². The second-order valence-corrected chi connectivity index (χ2v) is 5.14. The van der Waals surface area contributed by atoms with Crippen LogP contribution >= 0.6 is 0 Å². The molecule has 0 saturated carbocycles. The molecule has 130 valence electrons. The third-order valence-electron chi connectivity index (χ3n) is 3.24. The van der Waals surface area contributed by atoms with Crippen molar-refractivity contribution in [2.75, 3.05) is 6.61 Å². The Morgan fingerprint density at radius 1 is 1.04 bits per heavy atom. The number of nitrogens with two attached hydrogens (primary N) is 1. The maximum Gasteiger partial charge on any atom is 0.344 e. The van der Waals surface area contributed by atoms with E-state index in [1.54, 1.807) is 12.1 Å². The van der Waals surface area contributed by atoms with Crippen LogP contribution in [0.25, 0.3) is 11.1 Å². The molecule has 0 bridgehead atoms. The smallest absolute Gasteiger partial charge is 0.344 e. The number of para-hydroxylation sites is 1. The van der Waals surface area contributed by atoms with Crippen LogP contribution in [0.1, 0.15) is 6.92 Å². The molecule has 0 fully saturated rings. The van der Waals surface area contributed by atoms with Crippen molar-refractivity contribution in [2.24, 2.45) is 5.73 Å². The third kappa shape index (κ3) is 5.35. The topological polar surface area (TPSA) is 108 Å². The monoisotopic (exact) mass is 342 g/mol. The molecule has 25 heavy (non-hydrogen) atoms. The van der Waals surface area contributed by atoms with Crippen LogP contribution in [0, 0.1) is 0 Å². The fraction of sp³-hybridized carbons (Fsp3) is 0.167. The summed E-state index contributed by atoms with van der Waals surface area (Å²) < 4.78 is 10.4. The number of urea groups is 1. The maximum absolute atomic E-state index is 11.8. The average Bonchev–Trinajstić information content (AvgIpc) is 2.60. The van der Waals surface area contributed by atoms with Gasteiger partial charge in [-0.2, -0.15) is 0 Å². The normalized spacial score (nSPS) is 11.2. The number of hydrogen-bond acceptors (Lipinski definition) is 5. The number of benzene rings is 2. The molecular weight excluding hydrogens is 324 g/mol. The van der Waals surface area contributed by atoms with Crippen molar-refractivity contribution in [2.45, 2.75) is 13.0 Å². The lowest BCUT2D eigenvalue weighted by atomic mass is 10.1. The first kappa shape index (κ1) is 18.0. The molecule has 0 saturated heterocycles. The van der Waals surface area contributed by atoms with E-state index >= 15 is 0 Å². The number of carbonyl (C=O) groups excluding carboxylic acids is 3. The highest BCUT2D eigenvalue weighted by atomic mass is 16.6. The molecule has 0 unspecified atom stereocenters. The average molecular weight is 342 g/mol. The number of esters is 1. The molecule has 2 aromatic carbocycles. The van der Waals surface area contributed by atoms with Gasteiger partial charge in [-0.3, -0.25) is 10.1 Å². The van der Waals surface area contributed by atoms with Crippen LogP contribution in [0.4, 0.5) is 4.79 Å². The number of ether oxygens (including phenoxy) is 2. The Bertz CT molecular complexity index is 761. The molecule has 1 atom stereocenters. The molecule has 0 aromatic heterocycles. The van der Waals surface area contributed by atoms with Crippen molar-refractivity contribution in [1.82, 2.24) is 5.32 Å². The van der Waals surface area contributed by atoms with Crippen LogP contribution in [0.3, 0.4) is 0 Å². The zero-order valence-electron chi connectivity index (χ0n) is 13.6. The molecule has 2 aromatic rings. The Kier molecular flexibility index (Phi) is 6.11. The highest BCUT2D eigenvalue weighted by Crippen LogP contribution is 2.29. The van der Waals surface area contributed by atoms with E-state index in [1.165, 1.54) is 6.92 Å². The summed E-state index contributed by atoms with van der Waals surface area (Å²) in [5.41, 5.74) is 6.61. The zero-order chi connectivity index (χ0) is 18.2. The van der Waals surface area contributed by atoms with Crippen LogP contribution in [-0.4, -0.2) is 30.6 Å². The van der Waals surface area contributed by atoms with Gasteiger partial charge in [0.2, 0.25) is 0 Å². The summed E-state index contributed by atoms with van der Waals surface area (Å²) in [4.78, 5) is 33.9. The number of hydrogen-bond donors (Lipinski definition) is 2. The second-order valence-electron chi connectivity index (χ2n) is 5.14. The SMILES string of the molecule is C[C@@H](OC(=O)COc1ccccc1-c1ccccc1)C(=O)NC(N)=O. The van der Waals surface area contributed by atoms with E-state index in [4.69, 9.17) is 15.2 Å². The minimum Gasteiger partial charge on any atom is -0.481 e. The van der Waals surface area contributed by atoms with Crippen molar-refractivity contribution in [3.05, 3.63) is 54.6 Å². The van der Waals surface area contributed by atoms with E-state index in [0.29, 0.717) is 5.75 Å². The van der Waals surface area contributed by atoms with Gasteiger partial charge >= 0.3 is 12.0 Å². The van der Waals surface area contributed by atoms with Gasteiger partial charge in [0.25, 0.3) is 5.91 Å². The molecule has 2 rings (SSSR count). The lowest BCUT2D eigenvalue weighted by molar-refractivity contribution is -0.156. The second kappa shape index (κ2) is 8.49. The molecule has 0 aliphatic heterocycles. The van der Waals surface area contributed by atoms with Gasteiger partial charge in [0.05, 0.1) is 0 Å². The predicted octanol–water partition coefficient (Wildman–Crippen LogP) is 1.86. The molecule has 0 aliphatic rings. The number of nitrogens with one attached hydrogen (secondary N) is 1. The first-order valence-corrected chi connectivity index (χ1v) is 7.54. The van der Waals surface area contributed by atoms with Crippen molar-refractivity contribution in [1.29, 1.82) is 0 Å². The van der Waals surface area contributed by atoms with Gasteiger partial charge in [-0.05, 0) is 18.6 Å². The van der Waals surface area contributed by atoms with E-state index in [9.17, 15) is 14.4 Å². The summed E-state index contributed by atoms with van der Waals surface area (Å²) in [5.74, 6) is -1.03. The van der Waals surface area contributed by atoms with Crippen molar-refractivity contribution in [3.8, 4) is 16.9 Å². The van der Waals surface area contributed by atoms with E-state index in [-0.39, 0.29) is 6.61 Å². The number of imide groups is 1. The minimum absolute atomic E-state index is 0.377. The predicted molar refractivity (Wildman–Crippen MR) is 90.7 cm³/mol. The summed E-state index contributed by atoms with van der Waals surface area (Å²) in [6.07, 6.45) is -1.16. The van der Waals surface area contributed by atoms with E-state index in [0.717, 1.165) is 11.1 Å². The molecule has 7 heteroatoms. The van der Waals surface area contributed by atoms with Crippen LogP contribution in [0.15, 0.2) is 54.6 Å². The first-order valence-electron chi connectivity index (χ1n) is 7.54. The van der Waals surface area contributed by atoms with Crippen molar-refractivity contribution >= 4 is 17.9 Å². The van der Waals surface area contributed by atoms with Crippen LogP contribution < -0.4 is 15.8 Å². The Morgan fingerprint density at radius 3 is 2.36 bits per heavy atom. The standard InChI is InChI=1S/C18H18N2O5/c1-12(17(22)20-18(19)23)25-16(21)11-24-15-10-6-5-9-14(15)13-7-3-2-4-8-13/h2-10,12H,11H2,1H3,(H3,19,20,22,23)/t12-/m1/s1. The Balaban J connectivity index is 1.97. The molecular formula is C18H18N2O5. The number of primary amides is 1. The summed E-state index contributed by atoms with van der Waals surface area (Å²) in [7, 11) is 0. The van der Waals surface area contributed by atoms with E-state index in [2.05, 4.69) is 0 Å². The summed E-state index contributed by atoms with van der Waals surface area (Å²) >= 11 is 0. The maximum atomic E-state index is 11.8. The zero-order valence-corrected chi connectivity index (χ0v) is 13.6. The molecule has 3 N–H and O–H groups in total. The first-order chi connectivity index (χ1) is 12.0. The van der Waals surface area contributed by atoms with Crippen LogP contribution in [0.5, 0.6) is 5.75 Å². The fourth-order valence-corrected chi connectivity index (χ4v) is 2.09. The summed E-state index contributed by atoms with van der Waals surface area (Å²) in [6.45, 7) is 0.951. The highest BCUT2D eigenvalue weighted by molar-refractivity contribution is 5.96. The molecule has 7 nitrogen and oxygen atoms in total. The van der Waals surface area contributed by atoms with E-state index in [1.807, 2.05) is 47.8 Å². The highest BCUT2D eigenvalue weighted by Gasteiger charge is 2.19. The molecule has 0 radical (unpaired) electrons. The molecule has 0 aliphatic carbocycles. The van der Waals surface area contributed by atoms with Crippen molar-refractivity contribution < 1.29 is 23.9 Å². The van der Waals surface area contributed by atoms with Crippen LogP contribution in [-0.2, 0) is 14.3 Å². The quantitative estimate of drug-likeness (QED) is 0.779. The number of carbonyl (C=O) groups is 3. The lowest BCUT2D eigenvalue weighted by Crippen LogP contribution is -2.42. The Labute approximate surface area is 144 Å². The Morgan fingerprint density at radius 2 is 1.68 bits per heavy atom. The van der Waals surface area contributed by atoms with Crippen molar-refractivity contribution in [3.63, 3.8) is 0 Å². The number of amides is 3. The van der Waals surface area contributed by atoms with Gasteiger partial charge in [0, 0.05) is 5.56 Å². The van der Waals surface area contributed by atoms with Gasteiger partial charge in [0.1, 0.15) is 5.75 Å². The largest absolute Gasteiger partial charge is 0.481 e. The molecule has 0 heterocycles. The van der Waals surface area contributed by atoms with Gasteiger partial charge in [-0.25, -0.2) is 9.59 Å². The fourth-order valence-electron chi connectivity index (χ4n) is 2.09. The van der Waals surface area contributed by atoms with Gasteiger partial charge in [0.15, 0.2) is 12.7 Å². The molecule has 0 spiro atoms. The molecule has 3 amide bonds. The van der Waals surface area contributed by atoms with Crippen LogP contribution in [0.2, 0.25) is 0 Å². The third-order valence-corrected chi connectivity index (χ3v) is 3.24. The summed E-state index contributed by atoms with van der Waals surface area (Å²) in [5, 5.41) is 1.83. The van der Waals surface area contributed by atoms with E-state index < -0.39 is 24.0 Å². The van der Waals surface area contributed by atoms with Gasteiger partial charge < -0.3 is 15.2 Å². The Hall–Kier alpha value is -3.35. The number of rotatable bonds is 6.